The van der Waals surface area contributed by atoms with Crippen LogP contribution in [0.15, 0.2) is 12.1 Å². The van der Waals surface area contributed by atoms with Crippen molar-refractivity contribution in [3.8, 4) is 0 Å². The van der Waals surface area contributed by atoms with Gasteiger partial charge in [0.15, 0.2) is 0 Å². The van der Waals surface area contributed by atoms with Crippen LogP contribution < -0.4 is 5.73 Å². The van der Waals surface area contributed by atoms with Crippen LogP contribution in [0.3, 0.4) is 0 Å². The lowest BCUT2D eigenvalue weighted by Crippen LogP contribution is -2.05. The fraction of sp³-hybridized carbons (Fsp3) is 0.400. The summed E-state index contributed by atoms with van der Waals surface area (Å²) in [5.41, 5.74) is 10.7. The molecule has 0 fully saturated rings. The summed E-state index contributed by atoms with van der Waals surface area (Å²) in [7, 11) is 0. The summed E-state index contributed by atoms with van der Waals surface area (Å²) in [6.07, 6.45) is 5.37. The number of rotatable bonds is 0. The maximum Gasteiger partial charge on any atom is 0.134 e. The second kappa shape index (κ2) is 4.23. The third-order valence-corrected chi connectivity index (χ3v) is 3.86. The van der Waals surface area contributed by atoms with Crippen molar-refractivity contribution in [1.29, 1.82) is 0 Å². The molecule has 0 radical (unpaired) electrons. The summed E-state index contributed by atoms with van der Waals surface area (Å²) in [5, 5.41) is 0.510. The SMILES string of the molecule is Cc1ccc(F)c2c(N)c3c(nc12)CCCCC3. The van der Waals surface area contributed by atoms with E-state index in [-0.39, 0.29) is 5.82 Å². The first kappa shape index (κ1) is 11.5. The molecule has 94 valence electrons. The van der Waals surface area contributed by atoms with E-state index >= 15 is 0 Å². The van der Waals surface area contributed by atoms with E-state index in [9.17, 15) is 4.39 Å². The van der Waals surface area contributed by atoms with Gasteiger partial charge in [-0.15, -0.1) is 0 Å². The first-order valence-electron chi connectivity index (χ1n) is 6.54. The molecule has 0 aliphatic heterocycles. The number of hydrogen-bond donors (Lipinski definition) is 1. The molecule has 0 bridgehead atoms. The van der Waals surface area contributed by atoms with Crippen molar-refractivity contribution in [3.63, 3.8) is 0 Å². The first-order chi connectivity index (χ1) is 8.68. The normalized spacial score (nSPS) is 15.4. The zero-order valence-electron chi connectivity index (χ0n) is 10.6. The topological polar surface area (TPSA) is 38.9 Å². The second-order valence-corrected chi connectivity index (χ2v) is 5.10. The molecular weight excluding hydrogens is 227 g/mol. The van der Waals surface area contributed by atoms with Gasteiger partial charge < -0.3 is 5.73 Å². The smallest absolute Gasteiger partial charge is 0.134 e. The van der Waals surface area contributed by atoms with Gasteiger partial charge in [0, 0.05) is 11.4 Å². The summed E-state index contributed by atoms with van der Waals surface area (Å²) >= 11 is 0. The average molecular weight is 244 g/mol. The van der Waals surface area contributed by atoms with Crippen LogP contribution in [-0.4, -0.2) is 4.98 Å². The summed E-state index contributed by atoms with van der Waals surface area (Å²) in [6, 6.07) is 3.26. The molecule has 18 heavy (non-hydrogen) atoms. The Balaban J connectivity index is 2.38. The van der Waals surface area contributed by atoms with Gasteiger partial charge in [-0.3, -0.25) is 4.98 Å². The van der Waals surface area contributed by atoms with E-state index in [1.165, 1.54) is 12.5 Å². The summed E-state index contributed by atoms with van der Waals surface area (Å²) in [5.74, 6) is -0.257. The van der Waals surface area contributed by atoms with Gasteiger partial charge in [0.05, 0.1) is 10.9 Å². The third-order valence-electron chi connectivity index (χ3n) is 3.86. The maximum absolute atomic E-state index is 14.0. The van der Waals surface area contributed by atoms with E-state index in [2.05, 4.69) is 4.98 Å². The van der Waals surface area contributed by atoms with Crippen LogP contribution in [0.25, 0.3) is 10.9 Å². The van der Waals surface area contributed by atoms with Crippen LogP contribution in [0.1, 0.15) is 36.1 Å². The van der Waals surface area contributed by atoms with Crippen LogP contribution in [-0.2, 0) is 12.8 Å². The molecule has 0 amide bonds. The van der Waals surface area contributed by atoms with Crippen molar-refractivity contribution in [3.05, 3.63) is 34.8 Å². The van der Waals surface area contributed by atoms with Gasteiger partial charge in [-0.25, -0.2) is 4.39 Å². The van der Waals surface area contributed by atoms with E-state index < -0.39 is 0 Å². The molecule has 2 N–H and O–H groups in total. The quantitative estimate of drug-likeness (QED) is 0.720. The van der Waals surface area contributed by atoms with Crippen molar-refractivity contribution in [1.82, 2.24) is 4.98 Å². The Kier molecular flexibility index (Phi) is 2.69. The summed E-state index contributed by atoms with van der Waals surface area (Å²) < 4.78 is 14.0. The van der Waals surface area contributed by atoms with Crippen molar-refractivity contribution >= 4 is 16.6 Å². The number of anilines is 1. The van der Waals surface area contributed by atoms with E-state index in [1.807, 2.05) is 6.92 Å². The number of nitrogens with two attached hydrogens (primary N) is 1. The molecule has 1 aliphatic carbocycles. The van der Waals surface area contributed by atoms with Crippen LogP contribution in [0.2, 0.25) is 0 Å². The minimum absolute atomic E-state index is 0.257. The molecule has 3 rings (SSSR count). The minimum atomic E-state index is -0.257. The Morgan fingerprint density at radius 2 is 1.94 bits per heavy atom. The molecule has 2 nitrogen and oxygen atoms in total. The van der Waals surface area contributed by atoms with E-state index in [4.69, 9.17) is 5.73 Å². The lowest BCUT2D eigenvalue weighted by atomic mass is 10.0. The Morgan fingerprint density at radius 1 is 1.17 bits per heavy atom. The van der Waals surface area contributed by atoms with Crippen LogP contribution >= 0.6 is 0 Å². The Hall–Kier alpha value is -1.64. The number of fused-ring (bicyclic) bond motifs is 2. The molecule has 1 aromatic heterocycles. The molecule has 0 unspecified atom stereocenters. The zero-order chi connectivity index (χ0) is 12.7. The lowest BCUT2D eigenvalue weighted by Gasteiger charge is -2.13. The van der Waals surface area contributed by atoms with Crippen LogP contribution in [0.4, 0.5) is 10.1 Å². The number of nitrogens with zero attached hydrogens (tertiary/aromatic N) is 1. The fourth-order valence-electron chi connectivity index (χ4n) is 2.84. The van der Waals surface area contributed by atoms with E-state index in [1.54, 1.807) is 6.07 Å². The molecule has 0 saturated heterocycles. The number of halogens is 1. The van der Waals surface area contributed by atoms with E-state index in [0.717, 1.165) is 48.0 Å². The van der Waals surface area contributed by atoms with Crippen molar-refractivity contribution < 1.29 is 4.39 Å². The number of pyridine rings is 1. The molecular formula is C15H17FN2. The monoisotopic (exact) mass is 244 g/mol. The highest BCUT2D eigenvalue weighted by Gasteiger charge is 2.18. The highest BCUT2D eigenvalue weighted by Crippen LogP contribution is 2.33. The Labute approximate surface area is 106 Å². The number of aryl methyl sites for hydroxylation is 2. The molecule has 0 spiro atoms. The average Bonchev–Trinajstić information content (AvgIpc) is 2.59. The van der Waals surface area contributed by atoms with Gasteiger partial charge in [-0.1, -0.05) is 12.5 Å². The van der Waals surface area contributed by atoms with E-state index in [0.29, 0.717) is 11.1 Å². The maximum atomic E-state index is 14.0. The molecule has 0 saturated carbocycles. The fourth-order valence-corrected chi connectivity index (χ4v) is 2.84. The van der Waals surface area contributed by atoms with Crippen molar-refractivity contribution in [2.45, 2.75) is 39.0 Å². The molecule has 1 aliphatic rings. The van der Waals surface area contributed by atoms with Crippen LogP contribution in [0.5, 0.6) is 0 Å². The van der Waals surface area contributed by atoms with Gasteiger partial charge in [-0.2, -0.15) is 0 Å². The summed E-state index contributed by atoms with van der Waals surface area (Å²) in [6.45, 7) is 1.96. The van der Waals surface area contributed by atoms with Gasteiger partial charge in [0.1, 0.15) is 5.82 Å². The predicted molar refractivity (Wildman–Crippen MR) is 72.1 cm³/mol. The number of aromatic nitrogens is 1. The molecule has 2 aromatic rings. The largest absolute Gasteiger partial charge is 0.398 e. The molecule has 1 heterocycles. The number of benzene rings is 1. The molecule has 1 aromatic carbocycles. The van der Waals surface area contributed by atoms with Gasteiger partial charge in [0.2, 0.25) is 0 Å². The Morgan fingerprint density at radius 3 is 2.78 bits per heavy atom. The zero-order valence-corrected chi connectivity index (χ0v) is 10.6. The standard InChI is InChI=1S/C15H17FN2/c1-9-7-8-11(16)13-14(17)10-5-3-2-4-6-12(10)18-15(9)13/h7-8H,2-6H2,1H3,(H2,17,18). The number of hydrogen-bond acceptors (Lipinski definition) is 2. The molecule has 0 atom stereocenters. The highest BCUT2D eigenvalue weighted by molar-refractivity contribution is 5.94. The van der Waals surface area contributed by atoms with Gasteiger partial charge >= 0.3 is 0 Å². The second-order valence-electron chi connectivity index (χ2n) is 5.10. The van der Waals surface area contributed by atoms with Crippen molar-refractivity contribution in [2.75, 3.05) is 5.73 Å². The number of nitrogen functional groups attached to an aromatic ring is 1. The van der Waals surface area contributed by atoms with Crippen molar-refractivity contribution in [2.24, 2.45) is 0 Å². The van der Waals surface area contributed by atoms with Gasteiger partial charge in [0.25, 0.3) is 0 Å². The van der Waals surface area contributed by atoms with Gasteiger partial charge in [-0.05, 0) is 49.8 Å². The third kappa shape index (κ3) is 1.65. The Bertz CT molecular complexity index is 620. The lowest BCUT2D eigenvalue weighted by molar-refractivity contribution is 0.639. The highest BCUT2D eigenvalue weighted by atomic mass is 19.1. The van der Waals surface area contributed by atoms with Crippen LogP contribution in [0, 0.1) is 12.7 Å². The molecule has 3 heteroatoms. The summed E-state index contributed by atoms with van der Waals surface area (Å²) in [4.78, 5) is 4.68. The first-order valence-corrected chi connectivity index (χ1v) is 6.54. The minimum Gasteiger partial charge on any atom is -0.398 e. The predicted octanol–water partition coefficient (Wildman–Crippen LogP) is 3.53.